The predicted octanol–water partition coefficient (Wildman–Crippen LogP) is 1.03. The van der Waals surface area contributed by atoms with Crippen molar-refractivity contribution < 1.29 is 4.79 Å². The van der Waals surface area contributed by atoms with Crippen molar-refractivity contribution in [2.45, 2.75) is 27.2 Å². The first-order valence-corrected chi connectivity index (χ1v) is 6.62. The van der Waals surface area contributed by atoms with E-state index in [1.807, 2.05) is 13.8 Å². The lowest BCUT2D eigenvalue weighted by atomic mass is 10.2. The molecule has 0 bridgehead atoms. The van der Waals surface area contributed by atoms with Crippen molar-refractivity contribution in [1.82, 2.24) is 15.1 Å². The van der Waals surface area contributed by atoms with Gasteiger partial charge in [0.15, 0.2) is 0 Å². The minimum absolute atomic E-state index is 0.0796. The van der Waals surface area contributed by atoms with Crippen LogP contribution in [0.3, 0.4) is 0 Å². The molecular weight excluding hydrogens is 214 g/mol. The Bertz CT molecular complexity index is 207. The molecule has 0 fully saturated rings. The van der Waals surface area contributed by atoms with Gasteiger partial charge in [0, 0.05) is 32.1 Å². The molecule has 4 heteroatoms. The van der Waals surface area contributed by atoms with E-state index in [-0.39, 0.29) is 11.8 Å². The van der Waals surface area contributed by atoms with Crippen LogP contribution in [0.25, 0.3) is 0 Å². The molecular formula is C13H29N3O. The molecule has 102 valence electrons. The Labute approximate surface area is 106 Å². The summed E-state index contributed by atoms with van der Waals surface area (Å²) in [6.07, 6.45) is 1.20. The molecule has 0 spiro atoms. The highest BCUT2D eigenvalue weighted by Gasteiger charge is 2.06. The SMILES string of the molecule is CCCN(C)CCN(C)CCNC(=O)C(C)C. The van der Waals surface area contributed by atoms with Crippen LogP contribution in [0.15, 0.2) is 0 Å². The number of hydrogen-bond donors (Lipinski definition) is 1. The summed E-state index contributed by atoms with van der Waals surface area (Å²) >= 11 is 0. The Kier molecular flexibility index (Phi) is 9.09. The van der Waals surface area contributed by atoms with Gasteiger partial charge in [-0.3, -0.25) is 4.79 Å². The zero-order valence-corrected chi connectivity index (χ0v) is 12.1. The van der Waals surface area contributed by atoms with Crippen LogP contribution in [0.5, 0.6) is 0 Å². The van der Waals surface area contributed by atoms with Crippen molar-refractivity contribution in [3.05, 3.63) is 0 Å². The molecule has 0 aliphatic rings. The monoisotopic (exact) mass is 243 g/mol. The van der Waals surface area contributed by atoms with Crippen molar-refractivity contribution >= 4 is 5.91 Å². The molecule has 0 atom stereocenters. The summed E-state index contributed by atoms with van der Waals surface area (Å²) in [5.41, 5.74) is 0. The fraction of sp³-hybridized carbons (Fsp3) is 0.923. The highest BCUT2D eigenvalue weighted by Crippen LogP contribution is 1.91. The molecule has 17 heavy (non-hydrogen) atoms. The van der Waals surface area contributed by atoms with Crippen LogP contribution in [0.2, 0.25) is 0 Å². The first kappa shape index (κ1) is 16.4. The summed E-state index contributed by atoms with van der Waals surface area (Å²) in [7, 11) is 4.25. The van der Waals surface area contributed by atoms with Crippen LogP contribution in [-0.2, 0) is 4.79 Å². The molecule has 0 aromatic heterocycles. The van der Waals surface area contributed by atoms with Gasteiger partial charge in [0.1, 0.15) is 0 Å². The van der Waals surface area contributed by atoms with Gasteiger partial charge in [0.25, 0.3) is 0 Å². The fourth-order valence-corrected chi connectivity index (χ4v) is 1.52. The standard InChI is InChI=1S/C13H29N3O/c1-6-8-15(4)10-11-16(5)9-7-14-13(17)12(2)3/h12H,6-11H2,1-5H3,(H,14,17). The van der Waals surface area contributed by atoms with Crippen LogP contribution >= 0.6 is 0 Å². The number of amides is 1. The van der Waals surface area contributed by atoms with E-state index >= 15 is 0 Å². The van der Waals surface area contributed by atoms with E-state index in [4.69, 9.17) is 0 Å². The molecule has 0 aliphatic carbocycles. The molecule has 0 saturated heterocycles. The summed E-state index contributed by atoms with van der Waals surface area (Å²) in [4.78, 5) is 15.9. The third-order valence-corrected chi connectivity index (χ3v) is 2.79. The van der Waals surface area contributed by atoms with Crippen molar-refractivity contribution in [2.75, 3.05) is 46.8 Å². The highest BCUT2D eigenvalue weighted by atomic mass is 16.1. The van der Waals surface area contributed by atoms with Crippen LogP contribution in [0.1, 0.15) is 27.2 Å². The van der Waals surface area contributed by atoms with Crippen LogP contribution in [0, 0.1) is 5.92 Å². The average Bonchev–Trinajstić information content (AvgIpc) is 2.26. The Hall–Kier alpha value is -0.610. The van der Waals surface area contributed by atoms with Gasteiger partial charge in [0.2, 0.25) is 5.91 Å². The predicted molar refractivity (Wildman–Crippen MR) is 73.1 cm³/mol. The Morgan fingerprint density at radius 3 is 2.06 bits per heavy atom. The normalized spacial score (nSPS) is 11.5. The maximum atomic E-state index is 11.3. The summed E-state index contributed by atoms with van der Waals surface area (Å²) < 4.78 is 0. The lowest BCUT2D eigenvalue weighted by molar-refractivity contribution is -0.124. The van der Waals surface area contributed by atoms with Crippen LogP contribution in [0.4, 0.5) is 0 Å². The zero-order valence-electron chi connectivity index (χ0n) is 12.1. The number of nitrogens with one attached hydrogen (secondary N) is 1. The van der Waals surface area contributed by atoms with Crippen molar-refractivity contribution in [3.63, 3.8) is 0 Å². The number of rotatable bonds is 9. The average molecular weight is 243 g/mol. The van der Waals surface area contributed by atoms with Crippen LogP contribution < -0.4 is 5.32 Å². The fourth-order valence-electron chi connectivity index (χ4n) is 1.52. The first-order valence-electron chi connectivity index (χ1n) is 6.62. The molecule has 4 nitrogen and oxygen atoms in total. The molecule has 0 aromatic carbocycles. The van der Waals surface area contributed by atoms with E-state index in [0.29, 0.717) is 0 Å². The van der Waals surface area contributed by atoms with Gasteiger partial charge in [-0.15, -0.1) is 0 Å². The molecule has 0 saturated carbocycles. The quantitative estimate of drug-likeness (QED) is 0.657. The van der Waals surface area contributed by atoms with Crippen molar-refractivity contribution in [1.29, 1.82) is 0 Å². The van der Waals surface area contributed by atoms with Crippen molar-refractivity contribution in [3.8, 4) is 0 Å². The molecule has 1 N–H and O–H groups in total. The molecule has 0 unspecified atom stereocenters. The zero-order chi connectivity index (χ0) is 13.3. The topological polar surface area (TPSA) is 35.6 Å². The van der Waals surface area contributed by atoms with Gasteiger partial charge in [-0.05, 0) is 27.1 Å². The largest absolute Gasteiger partial charge is 0.355 e. The van der Waals surface area contributed by atoms with E-state index in [0.717, 1.165) is 32.7 Å². The minimum Gasteiger partial charge on any atom is -0.355 e. The lowest BCUT2D eigenvalue weighted by Gasteiger charge is -2.21. The summed E-state index contributed by atoms with van der Waals surface area (Å²) in [5.74, 6) is 0.220. The molecule has 0 aliphatic heterocycles. The summed E-state index contributed by atoms with van der Waals surface area (Å²) in [6.45, 7) is 11.0. The molecule has 0 rings (SSSR count). The highest BCUT2D eigenvalue weighted by molar-refractivity contribution is 5.77. The van der Waals surface area contributed by atoms with Crippen LogP contribution in [-0.4, -0.2) is 62.5 Å². The smallest absolute Gasteiger partial charge is 0.222 e. The van der Waals surface area contributed by atoms with E-state index in [9.17, 15) is 4.79 Å². The van der Waals surface area contributed by atoms with Crippen molar-refractivity contribution in [2.24, 2.45) is 5.92 Å². The summed E-state index contributed by atoms with van der Waals surface area (Å²) in [6, 6.07) is 0. The third-order valence-electron chi connectivity index (χ3n) is 2.79. The number of nitrogens with zero attached hydrogens (tertiary/aromatic N) is 2. The first-order chi connectivity index (χ1) is 7.97. The second kappa shape index (κ2) is 9.42. The maximum absolute atomic E-state index is 11.3. The maximum Gasteiger partial charge on any atom is 0.222 e. The van der Waals surface area contributed by atoms with E-state index in [1.54, 1.807) is 0 Å². The van der Waals surface area contributed by atoms with Gasteiger partial charge in [-0.1, -0.05) is 20.8 Å². The minimum atomic E-state index is 0.0796. The molecule has 0 heterocycles. The third kappa shape index (κ3) is 9.12. The van der Waals surface area contributed by atoms with E-state index < -0.39 is 0 Å². The van der Waals surface area contributed by atoms with Gasteiger partial charge in [-0.25, -0.2) is 0 Å². The van der Waals surface area contributed by atoms with E-state index in [2.05, 4.69) is 36.1 Å². The molecule has 1 amide bonds. The second-order valence-corrected chi connectivity index (χ2v) is 5.05. The number of hydrogen-bond acceptors (Lipinski definition) is 3. The molecule has 0 aromatic rings. The Morgan fingerprint density at radius 1 is 1.06 bits per heavy atom. The number of likely N-dealkylation sites (N-methyl/N-ethyl adjacent to an activating group) is 2. The second-order valence-electron chi connectivity index (χ2n) is 5.05. The van der Waals surface area contributed by atoms with Gasteiger partial charge in [0.05, 0.1) is 0 Å². The van der Waals surface area contributed by atoms with Gasteiger partial charge >= 0.3 is 0 Å². The Balaban J connectivity index is 3.53. The Morgan fingerprint density at radius 2 is 1.59 bits per heavy atom. The molecule has 0 radical (unpaired) electrons. The van der Waals surface area contributed by atoms with Gasteiger partial charge < -0.3 is 15.1 Å². The van der Waals surface area contributed by atoms with E-state index in [1.165, 1.54) is 6.42 Å². The lowest BCUT2D eigenvalue weighted by Crippen LogP contribution is -2.38. The van der Waals surface area contributed by atoms with Gasteiger partial charge in [-0.2, -0.15) is 0 Å². The number of carbonyl (C=O) groups is 1. The number of carbonyl (C=O) groups excluding carboxylic acids is 1. The summed E-state index contributed by atoms with van der Waals surface area (Å²) in [5, 5.41) is 2.93.